The minimum absolute atomic E-state index is 0.286. The Bertz CT molecular complexity index is 1100. The van der Waals surface area contributed by atoms with Crippen LogP contribution in [0, 0.1) is 23.4 Å². The van der Waals surface area contributed by atoms with E-state index >= 15 is 4.39 Å². The first kappa shape index (κ1) is 22.6. The molecule has 1 heterocycles. The van der Waals surface area contributed by atoms with E-state index < -0.39 is 17.9 Å². The first-order valence-corrected chi connectivity index (χ1v) is 11.0. The first-order chi connectivity index (χ1) is 15.5. The van der Waals surface area contributed by atoms with Crippen molar-refractivity contribution in [1.29, 1.82) is 0 Å². The molecule has 0 radical (unpaired) electrons. The van der Waals surface area contributed by atoms with E-state index in [0.29, 0.717) is 48.5 Å². The molecule has 0 bridgehead atoms. The number of fused-ring (bicyclic) bond motifs is 1. The molecule has 0 aliphatic carbocycles. The van der Waals surface area contributed by atoms with Gasteiger partial charge in [-0.15, -0.1) is 0 Å². The molecule has 4 rings (SSSR count). The highest BCUT2D eigenvalue weighted by molar-refractivity contribution is 5.84. The van der Waals surface area contributed by atoms with Crippen LogP contribution in [0.3, 0.4) is 0 Å². The van der Waals surface area contributed by atoms with Gasteiger partial charge >= 0.3 is 0 Å². The zero-order chi connectivity index (χ0) is 22.5. The predicted molar refractivity (Wildman–Crippen MR) is 120 cm³/mol. The summed E-state index contributed by atoms with van der Waals surface area (Å²) < 4.78 is 53.4. The van der Waals surface area contributed by atoms with Crippen LogP contribution in [0.5, 0.6) is 0 Å². The van der Waals surface area contributed by atoms with Crippen molar-refractivity contribution in [3.05, 3.63) is 94.8 Å². The molecule has 0 aromatic heterocycles. The molecule has 0 spiro atoms. The largest absolute Gasteiger partial charge is 0.348 e. The second kappa shape index (κ2) is 10.3. The van der Waals surface area contributed by atoms with E-state index in [-0.39, 0.29) is 5.82 Å². The van der Waals surface area contributed by atoms with Crippen molar-refractivity contribution in [3.63, 3.8) is 0 Å². The van der Waals surface area contributed by atoms with Crippen LogP contribution in [0.2, 0.25) is 0 Å². The molecule has 0 saturated carbocycles. The summed E-state index contributed by atoms with van der Waals surface area (Å²) in [7, 11) is 0. The Labute approximate surface area is 186 Å². The van der Waals surface area contributed by atoms with Gasteiger partial charge in [-0.3, -0.25) is 0 Å². The number of rotatable bonds is 7. The van der Waals surface area contributed by atoms with Crippen LogP contribution in [0.4, 0.5) is 13.2 Å². The fourth-order valence-electron chi connectivity index (χ4n) is 4.07. The Morgan fingerprint density at radius 1 is 0.906 bits per heavy atom. The molecule has 1 aliphatic rings. The Balaban J connectivity index is 1.42. The number of hydrogen-bond donors (Lipinski definition) is 0. The van der Waals surface area contributed by atoms with E-state index in [1.54, 1.807) is 12.1 Å². The normalized spacial score (nSPS) is 19.1. The van der Waals surface area contributed by atoms with Crippen LogP contribution in [0.15, 0.2) is 60.7 Å². The van der Waals surface area contributed by atoms with Crippen molar-refractivity contribution in [3.8, 4) is 0 Å². The Hall–Kier alpha value is -2.63. The van der Waals surface area contributed by atoms with Crippen LogP contribution in [0.1, 0.15) is 42.7 Å². The van der Waals surface area contributed by atoms with E-state index in [9.17, 15) is 8.78 Å². The smallest absolute Gasteiger partial charge is 0.183 e. The third-order valence-corrected chi connectivity index (χ3v) is 5.94. The van der Waals surface area contributed by atoms with Gasteiger partial charge in [-0.2, -0.15) is 0 Å². The van der Waals surface area contributed by atoms with Gasteiger partial charge in [0.05, 0.1) is 13.2 Å². The maximum absolute atomic E-state index is 15.1. The molecule has 3 aromatic rings. The van der Waals surface area contributed by atoms with E-state index in [4.69, 9.17) is 9.47 Å². The minimum atomic E-state index is -0.884. The molecular formula is C27H27F3O2. The molecule has 1 fully saturated rings. The molecule has 0 atom stereocenters. The molecule has 3 aromatic carbocycles. The Morgan fingerprint density at radius 3 is 2.47 bits per heavy atom. The summed E-state index contributed by atoms with van der Waals surface area (Å²) in [5.41, 5.74) is 2.05. The highest BCUT2D eigenvalue weighted by atomic mass is 19.2. The summed E-state index contributed by atoms with van der Waals surface area (Å²) >= 11 is 0. The van der Waals surface area contributed by atoms with Crippen LogP contribution < -0.4 is 0 Å². The maximum atomic E-state index is 15.1. The quantitative estimate of drug-likeness (QED) is 0.366. The molecular weight excluding hydrogens is 413 g/mol. The molecule has 1 saturated heterocycles. The summed E-state index contributed by atoms with van der Waals surface area (Å²) in [5, 5.41) is 1.30. The Morgan fingerprint density at radius 2 is 1.72 bits per heavy atom. The first-order valence-electron chi connectivity index (χ1n) is 11.0. The average molecular weight is 441 g/mol. The van der Waals surface area contributed by atoms with Gasteiger partial charge < -0.3 is 9.47 Å². The van der Waals surface area contributed by atoms with E-state index in [1.165, 1.54) is 6.07 Å². The fourth-order valence-corrected chi connectivity index (χ4v) is 4.07. The second-order valence-electron chi connectivity index (χ2n) is 8.28. The van der Waals surface area contributed by atoms with Crippen molar-refractivity contribution >= 4 is 10.8 Å². The number of hydrogen-bond acceptors (Lipinski definition) is 2. The lowest BCUT2D eigenvalue weighted by Gasteiger charge is -2.29. The molecule has 0 N–H and O–H groups in total. The summed E-state index contributed by atoms with van der Waals surface area (Å²) in [4.78, 5) is 0. The van der Waals surface area contributed by atoms with Crippen LogP contribution in [0.25, 0.3) is 10.8 Å². The highest BCUT2D eigenvalue weighted by Gasteiger charge is 2.23. The Kier molecular flexibility index (Phi) is 7.28. The van der Waals surface area contributed by atoms with E-state index in [2.05, 4.69) is 12.2 Å². The van der Waals surface area contributed by atoms with Crippen LogP contribution >= 0.6 is 0 Å². The van der Waals surface area contributed by atoms with Crippen LogP contribution in [-0.4, -0.2) is 13.2 Å². The molecule has 1 aliphatic heterocycles. The topological polar surface area (TPSA) is 18.5 Å². The van der Waals surface area contributed by atoms with Crippen molar-refractivity contribution < 1.29 is 22.6 Å². The predicted octanol–water partition coefficient (Wildman–Crippen LogP) is 7.06. The van der Waals surface area contributed by atoms with Gasteiger partial charge in [0, 0.05) is 16.9 Å². The number of halogens is 3. The molecule has 5 heteroatoms. The van der Waals surface area contributed by atoms with E-state index in [1.807, 2.05) is 25.1 Å². The minimum Gasteiger partial charge on any atom is -0.348 e. The average Bonchev–Trinajstić information content (AvgIpc) is 2.81. The monoisotopic (exact) mass is 440 g/mol. The van der Waals surface area contributed by atoms with Gasteiger partial charge in [0.2, 0.25) is 0 Å². The van der Waals surface area contributed by atoms with Crippen LogP contribution in [-0.2, 0) is 22.3 Å². The summed E-state index contributed by atoms with van der Waals surface area (Å²) in [5.74, 6) is -1.66. The van der Waals surface area contributed by atoms with Gasteiger partial charge in [-0.25, -0.2) is 13.2 Å². The molecule has 32 heavy (non-hydrogen) atoms. The SMILES string of the molecule is C/C=C/CCC1COC(c2ccc3c(F)c(CCc4ccc(F)c(F)c4)ccc3c2)OC1. The third-order valence-electron chi connectivity index (χ3n) is 5.94. The van der Waals surface area contributed by atoms with Gasteiger partial charge in [-0.1, -0.05) is 42.5 Å². The molecule has 2 nitrogen and oxygen atoms in total. The van der Waals surface area contributed by atoms with Crippen molar-refractivity contribution in [2.24, 2.45) is 5.92 Å². The molecule has 168 valence electrons. The van der Waals surface area contributed by atoms with Crippen molar-refractivity contribution in [1.82, 2.24) is 0 Å². The van der Waals surface area contributed by atoms with Crippen molar-refractivity contribution in [2.75, 3.05) is 13.2 Å². The van der Waals surface area contributed by atoms with Gasteiger partial charge in [0.1, 0.15) is 5.82 Å². The molecule has 0 unspecified atom stereocenters. The third kappa shape index (κ3) is 5.22. The maximum Gasteiger partial charge on any atom is 0.183 e. The van der Waals surface area contributed by atoms with Crippen molar-refractivity contribution in [2.45, 2.75) is 38.9 Å². The second-order valence-corrected chi connectivity index (χ2v) is 8.28. The number of allylic oxidation sites excluding steroid dienone is 2. The number of benzene rings is 3. The lowest BCUT2D eigenvalue weighted by atomic mass is 9.98. The zero-order valence-electron chi connectivity index (χ0n) is 18.1. The standard InChI is InChI=1S/C27H27F3O2/c1-2-3-4-5-19-16-31-27(32-17-19)22-11-12-23-21(15-22)10-9-20(26(23)30)8-6-18-7-13-24(28)25(29)14-18/h2-3,7,9-15,19,27H,4-6,8,16-17H2,1H3/b3-2+. The number of ether oxygens (including phenoxy) is 2. The fraction of sp³-hybridized carbons (Fsp3) is 0.333. The highest BCUT2D eigenvalue weighted by Crippen LogP contribution is 2.31. The zero-order valence-corrected chi connectivity index (χ0v) is 18.1. The summed E-state index contributed by atoms with van der Waals surface area (Å²) in [6, 6.07) is 12.9. The van der Waals surface area contributed by atoms with Gasteiger partial charge in [0.15, 0.2) is 17.9 Å². The summed E-state index contributed by atoms with van der Waals surface area (Å²) in [6.07, 6.45) is 6.65. The van der Waals surface area contributed by atoms with Gasteiger partial charge in [-0.05, 0) is 67.3 Å². The lowest BCUT2D eigenvalue weighted by molar-refractivity contribution is -0.205. The molecule has 0 amide bonds. The van der Waals surface area contributed by atoms with Gasteiger partial charge in [0.25, 0.3) is 0 Å². The summed E-state index contributed by atoms with van der Waals surface area (Å²) in [6.45, 7) is 3.32. The number of aryl methyl sites for hydroxylation is 2. The van der Waals surface area contributed by atoms with E-state index in [0.717, 1.165) is 35.9 Å². The lowest BCUT2D eigenvalue weighted by Crippen LogP contribution is -2.27.